The topological polar surface area (TPSA) is 68.7 Å². The van der Waals surface area contributed by atoms with Crippen molar-refractivity contribution in [2.24, 2.45) is 0 Å². The summed E-state index contributed by atoms with van der Waals surface area (Å²) < 4.78 is 38.4. The number of aromatic nitrogens is 1. The van der Waals surface area contributed by atoms with Gasteiger partial charge in [0.2, 0.25) is 9.84 Å². The van der Waals surface area contributed by atoms with E-state index in [0.717, 1.165) is 31.3 Å². The van der Waals surface area contributed by atoms with Gasteiger partial charge in [-0.3, -0.25) is 4.98 Å². The van der Waals surface area contributed by atoms with Crippen LogP contribution in [0.4, 0.5) is 5.69 Å². The van der Waals surface area contributed by atoms with Crippen LogP contribution in [-0.4, -0.2) is 39.7 Å². The first-order valence-corrected chi connectivity index (χ1v) is 11.4. The highest BCUT2D eigenvalue weighted by molar-refractivity contribution is 7.91. The number of rotatable bonds is 3. The van der Waals surface area contributed by atoms with E-state index in [0.29, 0.717) is 40.9 Å². The Balaban J connectivity index is 1.76. The Morgan fingerprint density at radius 2 is 1.62 bits per heavy atom. The van der Waals surface area contributed by atoms with Crippen molar-refractivity contribution in [2.45, 2.75) is 22.6 Å². The molecule has 1 aromatic heterocycles. The van der Waals surface area contributed by atoms with Crippen molar-refractivity contribution in [1.82, 2.24) is 4.98 Å². The van der Waals surface area contributed by atoms with Crippen molar-refractivity contribution in [2.75, 3.05) is 31.2 Å². The second-order valence-corrected chi connectivity index (χ2v) is 9.49. The molecule has 0 atom stereocenters. The van der Waals surface area contributed by atoms with Crippen molar-refractivity contribution < 1.29 is 17.9 Å². The molecule has 5 rings (SSSR count). The third-order valence-electron chi connectivity index (χ3n) is 5.31. The summed E-state index contributed by atoms with van der Waals surface area (Å²) in [5, 5.41) is 1.25. The highest BCUT2D eigenvalue weighted by atomic mass is 35.5. The molecular weight excluding hydrogens is 412 g/mol. The third kappa shape index (κ3) is 3.18. The standard InChI is InChI=1S/C21H19ClN2O4S/c22-14-3-5-15(6-4-14)29(25,26)20-13-23-17-12-19-18(27-9-10-28-19)11-16(17)21(20)24-7-1-2-8-24/h3-6,11-13H,1-2,7-10H2. The van der Waals surface area contributed by atoms with Crippen LogP contribution in [0.2, 0.25) is 5.02 Å². The van der Waals surface area contributed by atoms with E-state index in [9.17, 15) is 8.42 Å². The van der Waals surface area contributed by atoms with Crippen LogP contribution in [0.15, 0.2) is 52.4 Å². The molecule has 150 valence electrons. The molecule has 3 heterocycles. The van der Waals surface area contributed by atoms with Crippen molar-refractivity contribution in [3.8, 4) is 11.5 Å². The second kappa shape index (κ2) is 7.07. The predicted molar refractivity (Wildman–Crippen MR) is 111 cm³/mol. The monoisotopic (exact) mass is 430 g/mol. The van der Waals surface area contributed by atoms with Crippen molar-refractivity contribution in [1.29, 1.82) is 0 Å². The lowest BCUT2D eigenvalue weighted by Gasteiger charge is -2.25. The Morgan fingerprint density at radius 1 is 0.966 bits per heavy atom. The van der Waals surface area contributed by atoms with Gasteiger partial charge in [0.05, 0.1) is 16.1 Å². The van der Waals surface area contributed by atoms with Crippen molar-refractivity contribution >= 4 is 38.0 Å². The van der Waals surface area contributed by atoms with E-state index in [1.54, 1.807) is 12.1 Å². The summed E-state index contributed by atoms with van der Waals surface area (Å²) in [4.78, 5) is 6.99. The second-order valence-electron chi connectivity index (χ2n) is 7.14. The molecule has 0 aliphatic carbocycles. The first-order valence-electron chi connectivity index (χ1n) is 9.52. The lowest BCUT2D eigenvalue weighted by atomic mass is 10.1. The van der Waals surface area contributed by atoms with Crippen LogP contribution in [0.5, 0.6) is 11.5 Å². The maximum atomic E-state index is 13.5. The number of hydrogen-bond donors (Lipinski definition) is 0. The summed E-state index contributed by atoms with van der Waals surface area (Å²) in [6.07, 6.45) is 3.50. The molecule has 2 aromatic carbocycles. The van der Waals surface area contributed by atoms with Crippen LogP contribution in [0.25, 0.3) is 10.9 Å². The molecule has 0 amide bonds. The Morgan fingerprint density at radius 3 is 2.31 bits per heavy atom. The van der Waals surface area contributed by atoms with Gasteiger partial charge in [0.1, 0.15) is 18.1 Å². The Bertz CT molecular complexity index is 1190. The fraction of sp³-hybridized carbons (Fsp3) is 0.286. The number of fused-ring (bicyclic) bond motifs is 2. The molecule has 6 nitrogen and oxygen atoms in total. The van der Waals surface area contributed by atoms with E-state index in [2.05, 4.69) is 9.88 Å². The lowest BCUT2D eigenvalue weighted by molar-refractivity contribution is 0.172. The van der Waals surface area contributed by atoms with Gasteiger partial charge in [-0.15, -0.1) is 0 Å². The van der Waals surface area contributed by atoms with Gasteiger partial charge >= 0.3 is 0 Å². The largest absolute Gasteiger partial charge is 0.486 e. The summed E-state index contributed by atoms with van der Waals surface area (Å²) in [5.74, 6) is 1.25. The molecule has 0 unspecified atom stereocenters. The van der Waals surface area contributed by atoms with E-state index in [1.165, 1.54) is 18.3 Å². The van der Waals surface area contributed by atoms with Crippen molar-refractivity contribution in [3.05, 3.63) is 47.6 Å². The van der Waals surface area contributed by atoms with Gasteiger partial charge in [0, 0.05) is 35.8 Å². The molecule has 1 saturated heterocycles. The average molecular weight is 431 g/mol. The smallest absolute Gasteiger partial charge is 0.210 e. The number of halogens is 1. The van der Waals surface area contributed by atoms with Gasteiger partial charge in [0.25, 0.3) is 0 Å². The molecule has 29 heavy (non-hydrogen) atoms. The number of nitrogens with zero attached hydrogens (tertiary/aromatic N) is 2. The van der Waals surface area contributed by atoms with Gasteiger partial charge < -0.3 is 14.4 Å². The minimum absolute atomic E-state index is 0.195. The Labute approximate surface area is 173 Å². The van der Waals surface area contributed by atoms with E-state index >= 15 is 0 Å². The summed E-state index contributed by atoms with van der Waals surface area (Å²) in [6, 6.07) is 9.90. The highest BCUT2D eigenvalue weighted by Gasteiger charge is 2.29. The van der Waals surface area contributed by atoms with Gasteiger partial charge in [-0.25, -0.2) is 8.42 Å². The molecule has 1 fully saturated rings. The SMILES string of the molecule is O=S(=O)(c1ccc(Cl)cc1)c1cnc2cc3c(cc2c1N1CCCC1)OCCO3. The molecule has 0 saturated carbocycles. The number of ether oxygens (including phenoxy) is 2. The number of sulfone groups is 1. The van der Waals surface area contributed by atoms with E-state index < -0.39 is 9.84 Å². The zero-order valence-corrected chi connectivity index (χ0v) is 17.2. The van der Waals surface area contributed by atoms with Crippen LogP contribution in [0.3, 0.4) is 0 Å². The summed E-state index contributed by atoms with van der Waals surface area (Å²) in [6.45, 7) is 2.56. The Hall–Kier alpha value is -2.51. The predicted octanol–water partition coefficient (Wildman–Crippen LogP) is 4.09. The zero-order valence-electron chi connectivity index (χ0n) is 15.6. The van der Waals surface area contributed by atoms with E-state index in [-0.39, 0.29) is 9.79 Å². The molecule has 0 bridgehead atoms. The van der Waals surface area contributed by atoms with Crippen LogP contribution in [0, 0.1) is 0 Å². The van der Waals surface area contributed by atoms with E-state index in [4.69, 9.17) is 21.1 Å². The summed E-state index contributed by atoms with van der Waals surface area (Å²) in [5.41, 5.74) is 1.37. The average Bonchev–Trinajstić information content (AvgIpc) is 3.26. The molecule has 0 spiro atoms. The molecule has 2 aliphatic rings. The van der Waals surface area contributed by atoms with Gasteiger partial charge in [-0.2, -0.15) is 0 Å². The normalized spacial score (nSPS) is 16.4. The molecule has 0 N–H and O–H groups in total. The van der Waals surface area contributed by atoms with Crippen molar-refractivity contribution in [3.63, 3.8) is 0 Å². The maximum Gasteiger partial charge on any atom is 0.210 e. The minimum Gasteiger partial charge on any atom is -0.486 e. The molecule has 2 aliphatic heterocycles. The molecule has 0 radical (unpaired) electrons. The molecule has 3 aromatic rings. The number of anilines is 1. The zero-order chi connectivity index (χ0) is 20.0. The number of hydrogen-bond acceptors (Lipinski definition) is 6. The highest BCUT2D eigenvalue weighted by Crippen LogP contribution is 2.42. The summed E-state index contributed by atoms with van der Waals surface area (Å²) >= 11 is 5.95. The fourth-order valence-corrected chi connectivity index (χ4v) is 5.46. The first-order chi connectivity index (χ1) is 14.0. The number of pyridine rings is 1. The Kier molecular flexibility index (Phi) is 4.52. The van der Waals surface area contributed by atoms with Crippen LogP contribution >= 0.6 is 11.6 Å². The van der Waals surface area contributed by atoms with Gasteiger partial charge in [0.15, 0.2) is 11.5 Å². The maximum absolute atomic E-state index is 13.5. The van der Waals surface area contributed by atoms with Crippen LogP contribution in [-0.2, 0) is 9.84 Å². The fourth-order valence-electron chi connectivity index (χ4n) is 3.90. The third-order valence-corrected chi connectivity index (χ3v) is 7.33. The molecular formula is C21H19ClN2O4S. The van der Waals surface area contributed by atoms with Crippen LogP contribution < -0.4 is 14.4 Å². The van der Waals surface area contributed by atoms with E-state index in [1.807, 2.05) is 12.1 Å². The first kappa shape index (κ1) is 18.5. The van der Waals surface area contributed by atoms with Gasteiger partial charge in [-0.1, -0.05) is 11.6 Å². The molecule has 8 heteroatoms. The number of benzene rings is 2. The van der Waals surface area contributed by atoms with Gasteiger partial charge in [-0.05, 0) is 43.2 Å². The minimum atomic E-state index is -3.77. The van der Waals surface area contributed by atoms with Crippen LogP contribution in [0.1, 0.15) is 12.8 Å². The summed E-state index contributed by atoms with van der Waals surface area (Å²) in [7, 11) is -3.77. The lowest BCUT2D eigenvalue weighted by Crippen LogP contribution is -2.22. The quantitative estimate of drug-likeness (QED) is 0.623.